The summed E-state index contributed by atoms with van der Waals surface area (Å²) in [4.78, 5) is 21.8. The number of rotatable bonds is 4. The van der Waals surface area contributed by atoms with Gasteiger partial charge in [0.25, 0.3) is 0 Å². The Morgan fingerprint density at radius 1 is 1.42 bits per heavy atom. The van der Waals surface area contributed by atoms with Gasteiger partial charge in [-0.2, -0.15) is 0 Å². The highest BCUT2D eigenvalue weighted by molar-refractivity contribution is 9.10. The lowest BCUT2D eigenvalue weighted by Gasteiger charge is -2.12. The first-order chi connectivity index (χ1) is 8.82. The van der Waals surface area contributed by atoms with Crippen LogP contribution in [0.25, 0.3) is 0 Å². The Bertz CT molecular complexity index is 511. The Morgan fingerprint density at radius 2 is 2.05 bits per heavy atom. The number of halogens is 3. The Morgan fingerprint density at radius 3 is 2.63 bits per heavy atom. The number of urea groups is 1. The monoisotopic (exact) mass is 336 g/mol. The molecular weight excluding hydrogens is 326 g/mol. The third-order valence-electron chi connectivity index (χ3n) is 2.28. The average Bonchev–Trinajstić information content (AvgIpc) is 2.33. The van der Waals surface area contributed by atoms with E-state index in [9.17, 15) is 18.4 Å². The molecule has 0 fully saturated rings. The molecule has 1 aromatic rings. The molecule has 2 amide bonds. The smallest absolute Gasteiger partial charge is 0.325 e. The van der Waals surface area contributed by atoms with Gasteiger partial charge in [0.05, 0.1) is 11.0 Å². The van der Waals surface area contributed by atoms with Crippen molar-refractivity contribution in [3.05, 3.63) is 33.8 Å². The Kier molecular flexibility index (Phi) is 5.22. The van der Waals surface area contributed by atoms with E-state index in [0.717, 1.165) is 6.07 Å². The first kappa shape index (κ1) is 15.4. The second kappa shape index (κ2) is 6.46. The van der Waals surface area contributed by atoms with E-state index in [-0.39, 0.29) is 10.0 Å². The normalized spacial score (nSPS) is 11.8. The third kappa shape index (κ3) is 4.16. The zero-order valence-electron chi connectivity index (χ0n) is 9.84. The van der Waals surface area contributed by atoms with Gasteiger partial charge in [0.1, 0.15) is 17.7 Å². The lowest BCUT2D eigenvalue weighted by atomic mass is 10.2. The van der Waals surface area contributed by atoms with E-state index in [1.165, 1.54) is 13.0 Å². The molecule has 0 aliphatic heterocycles. The average molecular weight is 337 g/mol. The number of carboxylic acids is 1. The van der Waals surface area contributed by atoms with Crippen molar-refractivity contribution >= 4 is 27.9 Å². The maximum absolute atomic E-state index is 13.6. The minimum absolute atomic E-state index is 0.0741. The van der Waals surface area contributed by atoms with Gasteiger partial charge in [-0.1, -0.05) is 0 Å². The van der Waals surface area contributed by atoms with Gasteiger partial charge in [0.15, 0.2) is 0 Å². The molecule has 8 heteroatoms. The van der Waals surface area contributed by atoms with E-state index in [4.69, 9.17) is 5.11 Å². The topological polar surface area (TPSA) is 78.4 Å². The molecule has 1 aromatic carbocycles. The molecular formula is C11H11BrF2N2O3. The van der Waals surface area contributed by atoms with Crippen molar-refractivity contribution in [3.8, 4) is 0 Å². The Labute approximate surface area is 116 Å². The predicted octanol–water partition coefficient (Wildman–Crippen LogP) is 2.00. The largest absolute Gasteiger partial charge is 0.480 e. The van der Waals surface area contributed by atoms with Crippen LogP contribution in [0.1, 0.15) is 12.5 Å². The summed E-state index contributed by atoms with van der Waals surface area (Å²) in [6, 6.07) is 0.341. The molecule has 0 aliphatic rings. The molecule has 3 N–H and O–H groups in total. The van der Waals surface area contributed by atoms with Crippen LogP contribution in [0.15, 0.2) is 16.6 Å². The van der Waals surface area contributed by atoms with E-state index in [1.54, 1.807) is 0 Å². The molecule has 0 heterocycles. The summed E-state index contributed by atoms with van der Waals surface area (Å²) in [5, 5.41) is 12.8. The summed E-state index contributed by atoms with van der Waals surface area (Å²) in [6.45, 7) is 0.872. The zero-order valence-corrected chi connectivity index (χ0v) is 11.4. The fourth-order valence-electron chi connectivity index (χ4n) is 1.21. The van der Waals surface area contributed by atoms with Crippen LogP contribution in [0.4, 0.5) is 13.6 Å². The van der Waals surface area contributed by atoms with Crippen molar-refractivity contribution in [1.82, 2.24) is 10.6 Å². The molecule has 19 heavy (non-hydrogen) atoms. The van der Waals surface area contributed by atoms with Gasteiger partial charge < -0.3 is 15.7 Å². The van der Waals surface area contributed by atoms with Crippen molar-refractivity contribution < 1.29 is 23.5 Å². The quantitative estimate of drug-likeness (QED) is 0.736. The van der Waals surface area contributed by atoms with Gasteiger partial charge in [-0.3, -0.25) is 4.79 Å². The lowest BCUT2D eigenvalue weighted by Crippen LogP contribution is -2.44. The van der Waals surface area contributed by atoms with Gasteiger partial charge in [-0.15, -0.1) is 0 Å². The number of amides is 2. The van der Waals surface area contributed by atoms with E-state index >= 15 is 0 Å². The number of hydrogen-bond acceptors (Lipinski definition) is 2. The van der Waals surface area contributed by atoms with Crippen molar-refractivity contribution in [1.29, 1.82) is 0 Å². The van der Waals surface area contributed by atoms with Crippen LogP contribution >= 0.6 is 15.9 Å². The van der Waals surface area contributed by atoms with Gasteiger partial charge >= 0.3 is 12.0 Å². The lowest BCUT2D eigenvalue weighted by molar-refractivity contribution is -0.138. The van der Waals surface area contributed by atoms with E-state index in [2.05, 4.69) is 26.6 Å². The van der Waals surface area contributed by atoms with Crippen LogP contribution in [0.3, 0.4) is 0 Å². The molecule has 1 atom stereocenters. The summed E-state index contributed by atoms with van der Waals surface area (Å²) < 4.78 is 27.0. The minimum atomic E-state index is -1.21. The SMILES string of the molecule is CC(NC(=O)NCc1c(F)ccc(Br)c1F)C(=O)O. The number of carbonyl (C=O) groups is 2. The number of nitrogens with one attached hydrogen (secondary N) is 2. The maximum atomic E-state index is 13.6. The highest BCUT2D eigenvalue weighted by Gasteiger charge is 2.16. The summed E-state index contributed by atoms with van der Waals surface area (Å²) in [5.41, 5.74) is -0.312. The van der Waals surface area contributed by atoms with Crippen LogP contribution in [-0.2, 0) is 11.3 Å². The number of aliphatic carboxylic acids is 1. The van der Waals surface area contributed by atoms with Gasteiger partial charge in [0.2, 0.25) is 0 Å². The van der Waals surface area contributed by atoms with Gasteiger partial charge in [0, 0.05) is 5.56 Å². The van der Waals surface area contributed by atoms with Crippen LogP contribution in [-0.4, -0.2) is 23.1 Å². The standard InChI is InChI=1S/C11H11BrF2N2O3/c1-5(10(17)18)16-11(19)15-4-6-8(13)3-2-7(12)9(6)14/h2-3,5H,4H2,1H3,(H,17,18)(H2,15,16,19). The van der Waals surface area contributed by atoms with E-state index < -0.39 is 36.2 Å². The highest BCUT2D eigenvalue weighted by Crippen LogP contribution is 2.21. The number of hydrogen-bond donors (Lipinski definition) is 3. The van der Waals surface area contributed by atoms with Gasteiger partial charge in [-0.05, 0) is 35.0 Å². The number of carbonyl (C=O) groups excluding carboxylic acids is 1. The van der Waals surface area contributed by atoms with Crippen LogP contribution in [0.2, 0.25) is 0 Å². The molecule has 0 aliphatic carbocycles. The Hall–Kier alpha value is -1.70. The van der Waals surface area contributed by atoms with Crippen molar-refractivity contribution in [3.63, 3.8) is 0 Å². The van der Waals surface area contributed by atoms with E-state index in [0.29, 0.717) is 0 Å². The first-order valence-corrected chi connectivity index (χ1v) is 6.01. The summed E-state index contributed by atoms with van der Waals surface area (Å²) in [6.07, 6.45) is 0. The fourth-order valence-corrected chi connectivity index (χ4v) is 1.58. The minimum Gasteiger partial charge on any atom is -0.480 e. The molecule has 0 saturated heterocycles. The summed E-state index contributed by atoms with van der Waals surface area (Å²) in [5.74, 6) is -2.83. The third-order valence-corrected chi connectivity index (χ3v) is 2.90. The van der Waals surface area contributed by atoms with E-state index in [1.807, 2.05) is 0 Å². The molecule has 1 rings (SSSR count). The fraction of sp³-hybridized carbons (Fsp3) is 0.273. The molecule has 0 bridgehead atoms. The number of carboxylic acid groups (broad SMARTS) is 1. The van der Waals surface area contributed by atoms with Crippen molar-refractivity contribution in [2.24, 2.45) is 0 Å². The molecule has 104 valence electrons. The van der Waals surface area contributed by atoms with Crippen LogP contribution < -0.4 is 10.6 Å². The molecule has 0 aromatic heterocycles. The number of benzene rings is 1. The van der Waals surface area contributed by atoms with Crippen LogP contribution in [0.5, 0.6) is 0 Å². The summed E-state index contributed by atoms with van der Waals surface area (Å²) in [7, 11) is 0. The second-order valence-electron chi connectivity index (χ2n) is 3.71. The van der Waals surface area contributed by atoms with Crippen molar-refractivity contribution in [2.45, 2.75) is 19.5 Å². The second-order valence-corrected chi connectivity index (χ2v) is 4.56. The Balaban J connectivity index is 2.65. The molecule has 0 radical (unpaired) electrons. The molecule has 5 nitrogen and oxygen atoms in total. The molecule has 0 spiro atoms. The predicted molar refractivity (Wildman–Crippen MR) is 66.5 cm³/mol. The highest BCUT2D eigenvalue weighted by atomic mass is 79.9. The van der Waals surface area contributed by atoms with Gasteiger partial charge in [-0.25, -0.2) is 13.6 Å². The molecule has 0 saturated carbocycles. The summed E-state index contributed by atoms with van der Waals surface area (Å²) >= 11 is 2.90. The van der Waals surface area contributed by atoms with Crippen LogP contribution in [0, 0.1) is 11.6 Å². The first-order valence-electron chi connectivity index (χ1n) is 5.22. The zero-order chi connectivity index (χ0) is 14.6. The van der Waals surface area contributed by atoms with Crippen molar-refractivity contribution in [2.75, 3.05) is 0 Å². The maximum Gasteiger partial charge on any atom is 0.325 e. The molecule has 1 unspecified atom stereocenters.